The highest BCUT2D eigenvalue weighted by Crippen LogP contribution is 2.23. The van der Waals surface area contributed by atoms with Crippen LogP contribution in [0.25, 0.3) is 0 Å². The quantitative estimate of drug-likeness (QED) is 0.857. The lowest BCUT2D eigenvalue weighted by atomic mass is 10.1. The van der Waals surface area contributed by atoms with Crippen molar-refractivity contribution < 1.29 is 4.79 Å². The first-order valence-corrected chi connectivity index (χ1v) is 7.22. The summed E-state index contributed by atoms with van der Waals surface area (Å²) in [5, 5.41) is 1.10. The fourth-order valence-electron chi connectivity index (χ4n) is 2.16. The standard InChI is InChI=1S/C14H18Cl2N2O/c1-17-6-8-18(9-7-17)14(19)5-3-11-2-4-12(15)13(16)10-11/h2,4,10H,3,5-9H2,1H3. The van der Waals surface area contributed by atoms with E-state index < -0.39 is 0 Å². The Morgan fingerprint density at radius 2 is 1.84 bits per heavy atom. The van der Waals surface area contributed by atoms with E-state index in [1.54, 1.807) is 6.07 Å². The van der Waals surface area contributed by atoms with Crippen molar-refractivity contribution in [2.24, 2.45) is 0 Å². The van der Waals surface area contributed by atoms with Crippen LogP contribution in [0.2, 0.25) is 10.0 Å². The number of nitrogens with zero attached hydrogens (tertiary/aromatic N) is 2. The van der Waals surface area contributed by atoms with E-state index in [9.17, 15) is 4.79 Å². The first-order chi connectivity index (χ1) is 9.06. The van der Waals surface area contributed by atoms with Gasteiger partial charge in [-0.05, 0) is 31.2 Å². The molecule has 19 heavy (non-hydrogen) atoms. The zero-order chi connectivity index (χ0) is 13.8. The Balaban J connectivity index is 1.84. The number of piperazine rings is 1. The van der Waals surface area contributed by atoms with Gasteiger partial charge in [0.25, 0.3) is 0 Å². The number of benzene rings is 1. The molecule has 1 heterocycles. The van der Waals surface area contributed by atoms with Crippen molar-refractivity contribution in [1.82, 2.24) is 9.80 Å². The van der Waals surface area contributed by atoms with Gasteiger partial charge in [-0.2, -0.15) is 0 Å². The number of halogens is 2. The third kappa shape index (κ3) is 4.10. The molecule has 2 rings (SSSR count). The Hall–Kier alpha value is -0.770. The highest BCUT2D eigenvalue weighted by Gasteiger charge is 2.18. The van der Waals surface area contributed by atoms with Crippen LogP contribution in [-0.2, 0) is 11.2 Å². The molecule has 0 saturated carbocycles. The summed E-state index contributed by atoms with van der Waals surface area (Å²) >= 11 is 11.8. The third-order valence-corrected chi connectivity index (χ3v) is 4.21. The minimum Gasteiger partial charge on any atom is -0.340 e. The Bertz CT molecular complexity index is 457. The van der Waals surface area contributed by atoms with Crippen LogP contribution in [0.4, 0.5) is 0 Å². The second kappa shape index (κ2) is 6.60. The van der Waals surface area contributed by atoms with E-state index in [-0.39, 0.29) is 5.91 Å². The number of aryl methyl sites for hydroxylation is 1. The van der Waals surface area contributed by atoms with E-state index in [4.69, 9.17) is 23.2 Å². The summed E-state index contributed by atoms with van der Waals surface area (Å²) in [4.78, 5) is 16.3. The van der Waals surface area contributed by atoms with Gasteiger partial charge in [-0.15, -0.1) is 0 Å². The fraction of sp³-hybridized carbons (Fsp3) is 0.500. The van der Waals surface area contributed by atoms with Crippen LogP contribution in [0.15, 0.2) is 18.2 Å². The summed E-state index contributed by atoms with van der Waals surface area (Å²) < 4.78 is 0. The molecule has 1 aromatic carbocycles. The van der Waals surface area contributed by atoms with Gasteiger partial charge in [-0.25, -0.2) is 0 Å². The lowest BCUT2D eigenvalue weighted by molar-refractivity contribution is -0.132. The first-order valence-electron chi connectivity index (χ1n) is 6.46. The lowest BCUT2D eigenvalue weighted by Gasteiger charge is -2.32. The fourth-order valence-corrected chi connectivity index (χ4v) is 2.48. The molecule has 0 aromatic heterocycles. The number of hydrogen-bond donors (Lipinski definition) is 0. The van der Waals surface area contributed by atoms with Gasteiger partial charge in [0.05, 0.1) is 10.0 Å². The van der Waals surface area contributed by atoms with E-state index in [2.05, 4.69) is 11.9 Å². The normalized spacial score (nSPS) is 16.7. The molecule has 0 bridgehead atoms. The SMILES string of the molecule is CN1CCN(C(=O)CCc2ccc(Cl)c(Cl)c2)CC1. The predicted octanol–water partition coefficient (Wildman–Crippen LogP) is 2.70. The first kappa shape index (κ1) is 14.6. The molecule has 0 aliphatic carbocycles. The van der Waals surface area contributed by atoms with Crippen molar-refractivity contribution in [3.05, 3.63) is 33.8 Å². The third-order valence-electron chi connectivity index (χ3n) is 3.47. The number of carbonyl (C=O) groups excluding carboxylic acids is 1. The highest BCUT2D eigenvalue weighted by atomic mass is 35.5. The summed E-state index contributed by atoms with van der Waals surface area (Å²) in [6.45, 7) is 3.57. The largest absolute Gasteiger partial charge is 0.340 e. The average Bonchev–Trinajstić information content (AvgIpc) is 2.40. The van der Waals surface area contributed by atoms with Crippen LogP contribution < -0.4 is 0 Å². The molecule has 1 fully saturated rings. The predicted molar refractivity (Wildman–Crippen MR) is 78.9 cm³/mol. The van der Waals surface area contributed by atoms with Crippen LogP contribution >= 0.6 is 23.2 Å². The van der Waals surface area contributed by atoms with E-state index in [0.717, 1.165) is 31.7 Å². The van der Waals surface area contributed by atoms with Gasteiger partial charge >= 0.3 is 0 Å². The maximum absolute atomic E-state index is 12.1. The van der Waals surface area contributed by atoms with Crippen LogP contribution in [0.5, 0.6) is 0 Å². The minimum atomic E-state index is 0.221. The summed E-state index contributed by atoms with van der Waals surface area (Å²) in [5.41, 5.74) is 1.05. The van der Waals surface area contributed by atoms with Crippen molar-refractivity contribution in [1.29, 1.82) is 0 Å². The summed E-state index contributed by atoms with van der Waals surface area (Å²) in [7, 11) is 2.08. The van der Waals surface area contributed by atoms with Gasteiger partial charge in [0, 0.05) is 32.6 Å². The van der Waals surface area contributed by atoms with Crippen LogP contribution in [0.1, 0.15) is 12.0 Å². The molecule has 0 N–H and O–H groups in total. The molecule has 1 aliphatic heterocycles. The zero-order valence-corrected chi connectivity index (χ0v) is 12.5. The van der Waals surface area contributed by atoms with Gasteiger partial charge in [0.15, 0.2) is 0 Å². The molecule has 1 saturated heterocycles. The number of amides is 1. The molecule has 0 spiro atoms. The number of likely N-dealkylation sites (N-methyl/N-ethyl adjacent to an activating group) is 1. The molecule has 1 aliphatic rings. The molecule has 0 atom stereocenters. The van der Waals surface area contributed by atoms with Gasteiger partial charge in [-0.1, -0.05) is 29.3 Å². The van der Waals surface area contributed by atoms with E-state index in [1.807, 2.05) is 17.0 Å². The van der Waals surface area contributed by atoms with Crippen molar-refractivity contribution in [2.45, 2.75) is 12.8 Å². The number of rotatable bonds is 3. The van der Waals surface area contributed by atoms with Crippen LogP contribution in [-0.4, -0.2) is 48.9 Å². The van der Waals surface area contributed by atoms with Crippen LogP contribution in [0.3, 0.4) is 0 Å². The molecular formula is C14H18Cl2N2O. The molecule has 0 radical (unpaired) electrons. The van der Waals surface area contributed by atoms with Crippen LogP contribution in [0, 0.1) is 0 Å². The van der Waals surface area contributed by atoms with Crippen molar-refractivity contribution in [2.75, 3.05) is 33.2 Å². The Labute approximate surface area is 124 Å². The topological polar surface area (TPSA) is 23.6 Å². The molecule has 104 valence electrons. The van der Waals surface area contributed by atoms with E-state index in [1.165, 1.54) is 0 Å². The van der Waals surface area contributed by atoms with Gasteiger partial charge in [0.1, 0.15) is 0 Å². The Kier molecular flexibility index (Phi) is 5.08. The van der Waals surface area contributed by atoms with Crippen molar-refractivity contribution in [3.8, 4) is 0 Å². The average molecular weight is 301 g/mol. The Morgan fingerprint density at radius 1 is 1.16 bits per heavy atom. The maximum Gasteiger partial charge on any atom is 0.222 e. The number of carbonyl (C=O) groups is 1. The highest BCUT2D eigenvalue weighted by molar-refractivity contribution is 6.42. The maximum atomic E-state index is 12.1. The second-order valence-electron chi connectivity index (χ2n) is 4.93. The van der Waals surface area contributed by atoms with Crippen molar-refractivity contribution in [3.63, 3.8) is 0 Å². The lowest BCUT2D eigenvalue weighted by Crippen LogP contribution is -2.47. The monoisotopic (exact) mass is 300 g/mol. The molecule has 0 unspecified atom stereocenters. The van der Waals surface area contributed by atoms with E-state index in [0.29, 0.717) is 22.9 Å². The van der Waals surface area contributed by atoms with Crippen molar-refractivity contribution >= 4 is 29.1 Å². The molecule has 1 aromatic rings. The van der Waals surface area contributed by atoms with E-state index >= 15 is 0 Å². The molecular weight excluding hydrogens is 283 g/mol. The number of hydrogen-bond acceptors (Lipinski definition) is 2. The minimum absolute atomic E-state index is 0.221. The summed E-state index contributed by atoms with van der Waals surface area (Å²) in [6.07, 6.45) is 1.24. The smallest absolute Gasteiger partial charge is 0.222 e. The summed E-state index contributed by atoms with van der Waals surface area (Å²) in [6, 6.07) is 5.53. The second-order valence-corrected chi connectivity index (χ2v) is 5.75. The molecule has 3 nitrogen and oxygen atoms in total. The van der Waals surface area contributed by atoms with Gasteiger partial charge in [-0.3, -0.25) is 4.79 Å². The zero-order valence-electron chi connectivity index (χ0n) is 11.0. The van der Waals surface area contributed by atoms with Gasteiger partial charge < -0.3 is 9.80 Å². The summed E-state index contributed by atoms with van der Waals surface area (Å²) in [5.74, 6) is 0.221. The Morgan fingerprint density at radius 3 is 2.47 bits per heavy atom. The van der Waals surface area contributed by atoms with Gasteiger partial charge in [0.2, 0.25) is 5.91 Å². The molecule has 1 amide bonds. The molecule has 5 heteroatoms.